The molecule has 1 aromatic carbocycles. The van der Waals surface area contributed by atoms with E-state index in [9.17, 15) is 9.59 Å². The molecule has 0 radical (unpaired) electrons. The lowest BCUT2D eigenvalue weighted by molar-refractivity contribution is -0.133. The maximum atomic E-state index is 12.5. The van der Waals surface area contributed by atoms with Crippen LogP contribution in [0.4, 0.5) is 5.69 Å². The van der Waals surface area contributed by atoms with Crippen molar-refractivity contribution in [3.05, 3.63) is 23.8 Å². The number of hydrogen-bond donors (Lipinski definition) is 0. The van der Waals surface area contributed by atoms with Crippen molar-refractivity contribution >= 4 is 17.4 Å². The Hall–Kier alpha value is -1.84. The molecule has 0 aromatic heterocycles. The molecule has 1 aliphatic rings. The van der Waals surface area contributed by atoms with E-state index in [2.05, 4.69) is 0 Å². The molecule has 4 nitrogen and oxygen atoms in total. The van der Waals surface area contributed by atoms with Gasteiger partial charge >= 0.3 is 0 Å². The largest absolute Gasteiger partial charge is 0.476 e. The minimum absolute atomic E-state index is 0.0106. The number of Topliss-reactive ketones (excluding diaryl/α,β-unsaturated/α-hetero) is 1. The third kappa shape index (κ3) is 2.30. The summed E-state index contributed by atoms with van der Waals surface area (Å²) >= 11 is 0. The van der Waals surface area contributed by atoms with Gasteiger partial charge in [0.15, 0.2) is 11.4 Å². The van der Waals surface area contributed by atoms with Crippen molar-refractivity contribution in [2.75, 3.05) is 4.90 Å². The van der Waals surface area contributed by atoms with E-state index in [4.69, 9.17) is 4.74 Å². The van der Waals surface area contributed by atoms with Gasteiger partial charge in [0.05, 0.1) is 5.69 Å². The van der Waals surface area contributed by atoms with Crippen molar-refractivity contribution < 1.29 is 14.3 Å². The van der Waals surface area contributed by atoms with Gasteiger partial charge in [-0.25, -0.2) is 0 Å². The molecule has 1 aliphatic heterocycles. The Morgan fingerprint density at radius 3 is 2.55 bits per heavy atom. The maximum Gasteiger partial charge on any atom is 0.270 e. The Labute approximate surface area is 119 Å². The highest BCUT2D eigenvalue weighted by atomic mass is 16.5. The molecule has 0 saturated heterocycles. The summed E-state index contributed by atoms with van der Waals surface area (Å²) in [5.41, 5.74) is 0.421. The van der Waals surface area contributed by atoms with Crippen LogP contribution in [0.1, 0.15) is 51.4 Å². The lowest BCUT2D eigenvalue weighted by atomic mass is 10.00. The van der Waals surface area contributed by atoms with Crippen LogP contribution in [-0.2, 0) is 4.79 Å². The van der Waals surface area contributed by atoms with E-state index in [0.717, 1.165) is 0 Å². The molecule has 1 aromatic rings. The number of benzene rings is 1. The number of carbonyl (C=O) groups excluding carboxylic acids is 2. The van der Waals surface area contributed by atoms with Crippen LogP contribution in [0.5, 0.6) is 5.75 Å². The Morgan fingerprint density at radius 2 is 2.00 bits per heavy atom. The molecule has 108 valence electrons. The topological polar surface area (TPSA) is 46.6 Å². The first-order chi connectivity index (χ1) is 9.27. The molecule has 1 heterocycles. The van der Waals surface area contributed by atoms with Gasteiger partial charge in [-0.3, -0.25) is 9.59 Å². The number of hydrogen-bond acceptors (Lipinski definition) is 3. The summed E-state index contributed by atoms with van der Waals surface area (Å²) in [6, 6.07) is 5.31. The Morgan fingerprint density at radius 1 is 1.35 bits per heavy atom. The Kier molecular flexibility index (Phi) is 3.59. The molecule has 0 aliphatic carbocycles. The average Bonchev–Trinajstić information content (AvgIpc) is 2.38. The minimum Gasteiger partial charge on any atom is -0.476 e. The van der Waals surface area contributed by atoms with Crippen molar-refractivity contribution in [3.8, 4) is 5.75 Å². The highest BCUT2D eigenvalue weighted by molar-refractivity contribution is 6.04. The lowest BCUT2D eigenvalue weighted by Gasteiger charge is -2.41. The van der Waals surface area contributed by atoms with Crippen LogP contribution in [0, 0.1) is 0 Å². The SMILES string of the molecule is CCC(=O)c1ccc2c(c1)N(C(C)C)C(=O)C(C)(C)O2. The number of anilines is 1. The van der Waals surface area contributed by atoms with Gasteiger partial charge < -0.3 is 9.64 Å². The highest BCUT2D eigenvalue weighted by Crippen LogP contribution is 2.39. The van der Waals surface area contributed by atoms with Crippen LogP contribution in [0.25, 0.3) is 0 Å². The summed E-state index contributed by atoms with van der Waals surface area (Å²) < 4.78 is 5.78. The molecule has 0 spiro atoms. The van der Waals surface area contributed by atoms with Crippen molar-refractivity contribution in [1.82, 2.24) is 0 Å². The molecular formula is C16H21NO3. The van der Waals surface area contributed by atoms with Crippen LogP contribution < -0.4 is 9.64 Å². The number of amides is 1. The van der Waals surface area contributed by atoms with Crippen LogP contribution in [0.2, 0.25) is 0 Å². The van der Waals surface area contributed by atoms with Crippen molar-refractivity contribution in [3.63, 3.8) is 0 Å². The monoisotopic (exact) mass is 275 g/mol. The van der Waals surface area contributed by atoms with Crippen LogP contribution in [-0.4, -0.2) is 23.3 Å². The van der Waals surface area contributed by atoms with E-state index in [-0.39, 0.29) is 17.7 Å². The van der Waals surface area contributed by atoms with Gasteiger partial charge in [0, 0.05) is 18.0 Å². The molecule has 20 heavy (non-hydrogen) atoms. The van der Waals surface area contributed by atoms with Crippen molar-refractivity contribution in [2.45, 2.75) is 52.7 Å². The standard InChI is InChI=1S/C16H21NO3/c1-6-13(18)11-7-8-14-12(9-11)17(10(2)3)15(19)16(4,5)20-14/h7-10H,6H2,1-5H3. The second kappa shape index (κ2) is 4.93. The van der Waals surface area contributed by atoms with Gasteiger partial charge in [-0.1, -0.05) is 6.92 Å². The molecule has 0 unspecified atom stereocenters. The number of nitrogens with zero attached hydrogens (tertiary/aromatic N) is 1. The molecule has 2 rings (SSSR count). The third-order valence-corrected chi connectivity index (χ3v) is 3.48. The molecule has 4 heteroatoms. The van der Waals surface area contributed by atoms with Crippen LogP contribution in [0.3, 0.4) is 0 Å². The fourth-order valence-electron chi connectivity index (χ4n) is 2.40. The zero-order valence-corrected chi connectivity index (χ0v) is 12.7. The van der Waals surface area contributed by atoms with E-state index in [0.29, 0.717) is 23.4 Å². The summed E-state index contributed by atoms with van der Waals surface area (Å²) in [5, 5.41) is 0. The summed E-state index contributed by atoms with van der Waals surface area (Å²) in [6.45, 7) is 9.26. The summed E-state index contributed by atoms with van der Waals surface area (Å²) in [4.78, 5) is 26.1. The second-order valence-electron chi connectivity index (χ2n) is 5.84. The smallest absolute Gasteiger partial charge is 0.270 e. The van der Waals surface area contributed by atoms with E-state index in [1.165, 1.54) is 0 Å². The average molecular weight is 275 g/mol. The van der Waals surface area contributed by atoms with Gasteiger partial charge in [-0.2, -0.15) is 0 Å². The van der Waals surface area contributed by atoms with Crippen molar-refractivity contribution in [1.29, 1.82) is 0 Å². The zero-order chi connectivity index (χ0) is 15.1. The first-order valence-corrected chi connectivity index (χ1v) is 6.98. The molecule has 0 saturated carbocycles. The van der Waals surface area contributed by atoms with Gasteiger partial charge in [0.1, 0.15) is 5.75 Å². The first-order valence-electron chi connectivity index (χ1n) is 6.98. The quantitative estimate of drug-likeness (QED) is 0.796. The van der Waals surface area contributed by atoms with E-state index < -0.39 is 5.60 Å². The zero-order valence-electron chi connectivity index (χ0n) is 12.7. The Bertz CT molecular complexity index is 561. The Balaban J connectivity index is 2.57. The summed E-state index contributed by atoms with van der Waals surface area (Å²) in [6.07, 6.45) is 0.445. The third-order valence-electron chi connectivity index (χ3n) is 3.48. The summed E-state index contributed by atoms with van der Waals surface area (Å²) in [7, 11) is 0. The normalized spacial score (nSPS) is 16.9. The molecule has 1 amide bonds. The van der Waals surface area contributed by atoms with Gasteiger partial charge in [0.25, 0.3) is 5.91 Å². The van der Waals surface area contributed by atoms with Crippen LogP contribution >= 0.6 is 0 Å². The van der Waals surface area contributed by atoms with Gasteiger partial charge in [-0.15, -0.1) is 0 Å². The number of rotatable bonds is 3. The first kappa shape index (κ1) is 14.6. The predicted molar refractivity (Wildman–Crippen MR) is 78.4 cm³/mol. The van der Waals surface area contributed by atoms with E-state index >= 15 is 0 Å². The molecular weight excluding hydrogens is 254 g/mol. The van der Waals surface area contributed by atoms with E-state index in [1.807, 2.05) is 20.8 Å². The van der Waals surface area contributed by atoms with Crippen LogP contribution in [0.15, 0.2) is 18.2 Å². The van der Waals surface area contributed by atoms with Crippen molar-refractivity contribution in [2.24, 2.45) is 0 Å². The van der Waals surface area contributed by atoms with Gasteiger partial charge in [-0.05, 0) is 45.9 Å². The number of ketones is 1. The molecule has 0 atom stereocenters. The summed E-state index contributed by atoms with van der Waals surface area (Å²) in [5.74, 6) is 0.630. The number of ether oxygens (including phenoxy) is 1. The maximum absolute atomic E-state index is 12.5. The molecule has 0 bridgehead atoms. The molecule has 0 fully saturated rings. The fraction of sp³-hybridized carbons (Fsp3) is 0.500. The lowest BCUT2D eigenvalue weighted by Crippen LogP contribution is -2.54. The minimum atomic E-state index is -0.881. The number of carbonyl (C=O) groups is 2. The molecule has 0 N–H and O–H groups in total. The number of fused-ring (bicyclic) bond motifs is 1. The fourth-order valence-corrected chi connectivity index (χ4v) is 2.40. The second-order valence-corrected chi connectivity index (χ2v) is 5.84. The highest BCUT2D eigenvalue weighted by Gasteiger charge is 2.42. The van der Waals surface area contributed by atoms with E-state index in [1.54, 1.807) is 36.9 Å². The predicted octanol–water partition coefficient (Wildman–Crippen LogP) is 3.19. The van der Waals surface area contributed by atoms with Gasteiger partial charge in [0.2, 0.25) is 0 Å².